The van der Waals surface area contributed by atoms with Crippen LogP contribution in [-0.4, -0.2) is 54.7 Å². The number of carbonyl (C=O) groups is 1. The SMILES string of the molecule is CON(C)S(=O)(=O)c1cccc(C(=O)NCCCc2n[nH]c(C)n2)c1. The number of carbonyl (C=O) groups excluding carboxylic acids is 1. The van der Waals surface area contributed by atoms with Gasteiger partial charge in [0.05, 0.1) is 12.0 Å². The topological polar surface area (TPSA) is 117 Å². The average Bonchev–Trinajstić information content (AvgIpc) is 3.03. The summed E-state index contributed by atoms with van der Waals surface area (Å²) in [6.45, 7) is 2.25. The molecule has 136 valence electrons. The molecule has 0 spiro atoms. The number of hydroxylamine groups is 1. The molecule has 0 aliphatic rings. The van der Waals surface area contributed by atoms with Gasteiger partial charge in [-0.25, -0.2) is 13.4 Å². The summed E-state index contributed by atoms with van der Waals surface area (Å²) in [5.74, 6) is 1.10. The second kappa shape index (κ2) is 8.19. The van der Waals surface area contributed by atoms with E-state index in [4.69, 9.17) is 4.84 Å². The van der Waals surface area contributed by atoms with E-state index in [9.17, 15) is 13.2 Å². The van der Waals surface area contributed by atoms with Gasteiger partial charge in [-0.3, -0.25) is 14.7 Å². The molecule has 2 aromatic rings. The zero-order valence-corrected chi connectivity index (χ0v) is 15.1. The van der Waals surface area contributed by atoms with Crippen LogP contribution in [0.4, 0.5) is 0 Å². The Kier molecular flexibility index (Phi) is 6.23. The molecule has 0 saturated heterocycles. The molecule has 1 aromatic carbocycles. The summed E-state index contributed by atoms with van der Waals surface area (Å²) in [5.41, 5.74) is 0.263. The van der Waals surface area contributed by atoms with Crippen LogP contribution in [0.5, 0.6) is 0 Å². The molecule has 2 rings (SSSR count). The van der Waals surface area contributed by atoms with Crippen LogP contribution in [0.15, 0.2) is 29.2 Å². The van der Waals surface area contributed by atoms with Crippen LogP contribution in [-0.2, 0) is 21.3 Å². The molecule has 0 unspecified atom stereocenters. The number of aromatic amines is 1. The Morgan fingerprint density at radius 2 is 2.16 bits per heavy atom. The number of nitrogens with zero attached hydrogens (tertiary/aromatic N) is 3. The maximum absolute atomic E-state index is 12.2. The predicted molar refractivity (Wildman–Crippen MR) is 90.2 cm³/mol. The van der Waals surface area contributed by atoms with Gasteiger partial charge in [0.2, 0.25) is 0 Å². The van der Waals surface area contributed by atoms with Crippen molar-refractivity contribution in [3.63, 3.8) is 0 Å². The first kappa shape index (κ1) is 19.0. The highest BCUT2D eigenvalue weighted by atomic mass is 32.2. The standard InChI is InChI=1S/C15H21N5O4S/c1-11-17-14(19-18-11)8-5-9-16-15(21)12-6-4-7-13(10-12)25(22,23)20(2)24-3/h4,6-7,10H,5,8-9H2,1-3H3,(H,16,21)(H,17,18,19). The Labute approximate surface area is 146 Å². The second-order valence-electron chi connectivity index (χ2n) is 5.32. The van der Waals surface area contributed by atoms with Crippen LogP contribution >= 0.6 is 0 Å². The highest BCUT2D eigenvalue weighted by Gasteiger charge is 2.21. The van der Waals surface area contributed by atoms with Crippen molar-refractivity contribution in [2.75, 3.05) is 20.7 Å². The van der Waals surface area contributed by atoms with Gasteiger partial charge in [0, 0.05) is 25.6 Å². The summed E-state index contributed by atoms with van der Waals surface area (Å²) in [6, 6.07) is 5.80. The van der Waals surface area contributed by atoms with E-state index in [1.54, 1.807) is 6.07 Å². The van der Waals surface area contributed by atoms with Crippen molar-refractivity contribution in [2.45, 2.75) is 24.7 Å². The number of H-pyrrole nitrogens is 1. The lowest BCUT2D eigenvalue weighted by Crippen LogP contribution is -2.27. The average molecular weight is 367 g/mol. The Bertz CT molecular complexity index is 834. The fraction of sp³-hybridized carbons (Fsp3) is 0.400. The highest BCUT2D eigenvalue weighted by molar-refractivity contribution is 7.89. The molecule has 0 atom stereocenters. The van der Waals surface area contributed by atoms with Crippen molar-refractivity contribution in [1.82, 2.24) is 25.0 Å². The van der Waals surface area contributed by atoms with Crippen molar-refractivity contribution in [3.8, 4) is 0 Å². The lowest BCUT2D eigenvalue weighted by Gasteiger charge is -2.14. The molecular weight excluding hydrogens is 346 g/mol. The molecular formula is C15H21N5O4S. The van der Waals surface area contributed by atoms with Gasteiger partial charge >= 0.3 is 0 Å². The summed E-state index contributed by atoms with van der Waals surface area (Å²) in [7, 11) is -1.25. The third-order valence-corrected chi connectivity index (χ3v) is 5.17. The van der Waals surface area contributed by atoms with Crippen molar-refractivity contribution in [1.29, 1.82) is 0 Å². The van der Waals surface area contributed by atoms with Crippen LogP contribution < -0.4 is 5.32 Å². The number of hydrogen-bond acceptors (Lipinski definition) is 6. The van der Waals surface area contributed by atoms with Crippen LogP contribution in [0.3, 0.4) is 0 Å². The Morgan fingerprint density at radius 3 is 2.80 bits per heavy atom. The van der Waals surface area contributed by atoms with E-state index in [1.165, 1.54) is 32.4 Å². The van der Waals surface area contributed by atoms with Gasteiger partial charge in [-0.15, -0.1) is 0 Å². The van der Waals surface area contributed by atoms with Gasteiger partial charge in [-0.1, -0.05) is 10.5 Å². The highest BCUT2D eigenvalue weighted by Crippen LogP contribution is 2.16. The summed E-state index contributed by atoms with van der Waals surface area (Å²) < 4.78 is 25.2. The zero-order valence-electron chi connectivity index (χ0n) is 14.3. The monoisotopic (exact) mass is 367 g/mol. The van der Waals surface area contributed by atoms with E-state index in [1.807, 2.05) is 6.92 Å². The predicted octanol–water partition coefficient (Wildman–Crippen LogP) is 0.658. The Hall–Kier alpha value is -2.30. The van der Waals surface area contributed by atoms with Crippen LogP contribution in [0.2, 0.25) is 0 Å². The summed E-state index contributed by atoms with van der Waals surface area (Å²) in [4.78, 5) is 21.1. The summed E-state index contributed by atoms with van der Waals surface area (Å²) >= 11 is 0. The van der Waals surface area contributed by atoms with Gasteiger partial charge in [0.1, 0.15) is 5.82 Å². The lowest BCUT2D eigenvalue weighted by molar-refractivity contribution is -0.0258. The molecule has 25 heavy (non-hydrogen) atoms. The zero-order chi connectivity index (χ0) is 18.4. The number of benzene rings is 1. The van der Waals surface area contributed by atoms with Gasteiger partial charge in [0.15, 0.2) is 5.82 Å². The molecule has 1 heterocycles. The molecule has 0 bridgehead atoms. The third-order valence-electron chi connectivity index (χ3n) is 3.50. The first-order valence-corrected chi connectivity index (χ1v) is 9.08. The maximum Gasteiger partial charge on any atom is 0.264 e. The van der Waals surface area contributed by atoms with Crippen LogP contribution in [0, 0.1) is 6.92 Å². The smallest absolute Gasteiger partial charge is 0.264 e. The molecule has 0 saturated carbocycles. The quantitative estimate of drug-likeness (QED) is 0.523. The van der Waals surface area contributed by atoms with E-state index in [-0.39, 0.29) is 16.4 Å². The van der Waals surface area contributed by atoms with E-state index in [2.05, 4.69) is 20.5 Å². The molecule has 1 aromatic heterocycles. The first-order chi connectivity index (χ1) is 11.8. The first-order valence-electron chi connectivity index (χ1n) is 7.64. The number of hydrogen-bond donors (Lipinski definition) is 2. The number of aryl methyl sites for hydroxylation is 2. The molecule has 1 amide bonds. The van der Waals surface area contributed by atoms with Gasteiger partial charge in [-0.2, -0.15) is 5.10 Å². The lowest BCUT2D eigenvalue weighted by atomic mass is 10.2. The molecule has 0 aliphatic carbocycles. The van der Waals surface area contributed by atoms with Crippen molar-refractivity contribution in [2.24, 2.45) is 0 Å². The van der Waals surface area contributed by atoms with Gasteiger partial charge in [-0.05, 0) is 31.5 Å². The Morgan fingerprint density at radius 1 is 1.40 bits per heavy atom. The minimum atomic E-state index is -3.79. The molecule has 2 N–H and O–H groups in total. The molecule has 9 nitrogen and oxygen atoms in total. The third kappa shape index (κ3) is 4.84. The van der Waals surface area contributed by atoms with Gasteiger partial charge < -0.3 is 5.32 Å². The maximum atomic E-state index is 12.2. The fourth-order valence-electron chi connectivity index (χ4n) is 2.10. The number of sulfonamides is 1. The van der Waals surface area contributed by atoms with Crippen LogP contribution in [0.1, 0.15) is 28.4 Å². The molecule has 0 fully saturated rings. The Balaban J connectivity index is 1.94. The molecule has 0 aliphatic heterocycles. The van der Waals surface area contributed by atoms with Gasteiger partial charge in [0.25, 0.3) is 15.9 Å². The summed E-state index contributed by atoms with van der Waals surface area (Å²) in [6.07, 6.45) is 1.31. The largest absolute Gasteiger partial charge is 0.352 e. The normalized spacial score (nSPS) is 11.7. The number of aromatic nitrogens is 3. The second-order valence-corrected chi connectivity index (χ2v) is 7.26. The minimum absolute atomic E-state index is 0.0132. The van der Waals surface area contributed by atoms with Crippen molar-refractivity contribution in [3.05, 3.63) is 41.5 Å². The number of nitrogens with one attached hydrogen (secondary N) is 2. The minimum Gasteiger partial charge on any atom is -0.352 e. The van der Waals surface area contributed by atoms with E-state index < -0.39 is 10.0 Å². The number of rotatable bonds is 8. The number of amides is 1. The summed E-state index contributed by atoms with van der Waals surface area (Å²) in [5, 5.41) is 9.53. The van der Waals surface area contributed by atoms with E-state index in [0.29, 0.717) is 25.2 Å². The van der Waals surface area contributed by atoms with E-state index in [0.717, 1.165) is 10.3 Å². The molecule has 10 heteroatoms. The van der Waals surface area contributed by atoms with Crippen LogP contribution in [0.25, 0.3) is 0 Å². The van der Waals surface area contributed by atoms with Crippen molar-refractivity contribution >= 4 is 15.9 Å². The van der Waals surface area contributed by atoms with Crippen molar-refractivity contribution < 1.29 is 18.0 Å². The fourth-order valence-corrected chi connectivity index (χ4v) is 3.12. The van der Waals surface area contributed by atoms with E-state index >= 15 is 0 Å². The molecule has 0 radical (unpaired) electrons.